The highest BCUT2D eigenvalue weighted by Gasteiger charge is 2.27. The molecule has 2 aliphatic rings. The standard InChI is InChI=1S/C33H40N4O4/c1-3-8-32(39)37-15-6-10-25(23-37)21-30(38)26-13-14-29(27(22-26)34-33(40)31-12-7-20-41-31)36-18-16-35(17-19-36)28-11-5-4-9-24(28)2/h4-5,7,9,11-14,20,22,25H,3,6,8,10,15-19,21,23H2,1-2H3,(H,34,40)/t25-/m0/s1. The Bertz CT molecular complexity index is 1360. The van der Waals surface area contributed by atoms with Crippen LogP contribution in [0.4, 0.5) is 17.1 Å². The lowest BCUT2D eigenvalue weighted by Gasteiger charge is -2.38. The largest absolute Gasteiger partial charge is 0.459 e. The molecule has 216 valence electrons. The van der Waals surface area contributed by atoms with Crippen LogP contribution in [0.25, 0.3) is 0 Å². The van der Waals surface area contributed by atoms with Gasteiger partial charge in [-0.05, 0) is 74.1 Å². The number of hydrogen-bond acceptors (Lipinski definition) is 6. The maximum atomic E-state index is 13.4. The Morgan fingerprint density at radius 1 is 0.927 bits per heavy atom. The van der Waals surface area contributed by atoms with E-state index in [9.17, 15) is 14.4 Å². The molecule has 5 rings (SSSR count). The second-order valence-corrected chi connectivity index (χ2v) is 11.1. The average Bonchev–Trinajstić information content (AvgIpc) is 3.53. The van der Waals surface area contributed by atoms with Crippen molar-refractivity contribution >= 4 is 34.7 Å². The molecule has 0 saturated carbocycles. The molecular formula is C33H40N4O4. The molecule has 1 N–H and O–H groups in total. The molecule has 41 heavy (non-hydrogen) atoms. The van der Waals surface area contributed by atoms with Gasteiger partial charge in [-0.1, -0.05) is 25.1 Å². The molecule has 3 aromatic rings. The van der Waals surface area contributed by atoms with Crippen LogP contribution in [-0.4, -0.2) is 61.8 Å². The fraction of sp³-hybridized carbons (Fsp3) is 0.424. The van der Waals surface area contributed by atoms with Crippen molar-refractivity contribution in [3.8, 4) is 0 Å². The summed E-state index contributed by atoms with van der Waals surface area (Å²) in [6.07, 6.45) is 5.10. The SMILES string of the molecule is CCCC(=O)N1CCC[C@@H](CC(=O)c2ccc(N3CCN(c4ccccc4C)CC3)c(NC(=O)c3ccco3)c2)C1. The van der Waals surface area contributed by atoms with Gasteiger partial charge in [-0.2, -0.15) is 0 Å². The molecule has 2 fully saturated rings. The first-order valence-corrected chi connectivity index (χ1v) is 14.8. The molecule has 1 atom stereocenters. The lowest BCUT2D eigenvalue weighted by Crippen LogP contribution is -2.47. The number of furan rings is 1. The monoisotopic (exact) mass is 556 g/mol. The van der Waals surface area contributed by atoms with E-state index in [1.54, 1.807) is 18.2 Å². The lowest BCUT2D eigenvalue weighted by atomic mass is 9.90. The number of amides is 2. The molecule has 0 unspecified atom stereocenters. The average molecular weight is 557 g/mol. The van der Waals surface area contributed by atoms with E-state index in [0.717, 1.165) is 57.7 Å². The number of carbonyl (C=O) groups excluding carboxylic acids is 3. The van der Waals surface area contributed by atoms with Gasteiger partial charge in [0.15, 0.2) is 11.5 Å². The number of carbonyl (C=O) groups is 3. The smallest absolute Gasteiger partial charge is 0.291 e. The highest BCUT2D eigenvalue weighted by molar-refractivity contribution is 6.06. The molecule has 2 saturated heterocycles. The Morgan fingerprint density at radius 3 is 2.39 bits per heavy atom. The number of Topliss-reactive ketones (excluding diaryl/α,β-unsaturated/α-hetero) is 1. The van der Waals surface area contributed by atoms with Crippen LogP contribution in [-0.2, 0) is 4.79 Å². The Labute approximate surface area is 242 Å². The molecule has 1 aromatic heterocycles. The number of ketones is 1. The minimum absolute atomic E-state index is 0.0317. The first-order chi connectivity index (χ1) is 19.9. The van der Waals surface area contributed by atoms with Gasteiger partial charge in [-0.15, -0.1) is 0 Å². The minimum atomic E-state index is -0.350. The summed E-state index contributed by atoms with van der Waals surface area (Å²) in [4.78, 5) is 45.4. The molecule has 8 nitrogen and oxygen atoms in total. The first-order valence-electron chi connectivity index (χ1n) is 14.8. The molecule has 0 bridgehead atoms. The van der Waals surface area contributed by atoms with E-state index in [1.807, 2.05) is 24.0 Å². The van der Waals surface area contributed by atoms with Gasteiger partial charge in [-0.25, -0.2) is 0 Å². The summed E-state index contributed by atoms with van der Waals surface area (Å²) < 4.78 is 5.32. The number of anilines is 3. The maximum Gasteiger partial charge on any atom is 0.291 e. The van der Waals surface area contributed by atoms with Crippen LogP contribution in [0.15, 0.2) is 65.3 Å². The second-order valence-electron chi connectivity index (χ2n) is 11.1. The predicted molar refractivity (Wildman–Crippen MR) is 162 cm³/mol. The van der Waals surface area contributed by atoms with Gasteiger partial charge in [0.1, 0.15) is 0 Å². The zero-order valence-corrected chi connectivity index (χ0v) is 24.1. The molecule has 8 heteroatoms. The van der Waals surface area contributed by atoms with Crippen LogP contribution in [0, 0.1) is 12.8 Å². The summed E-state index contributed by atoms with van der Waals surface area (Å²) in [5.74, 6) is 0.226. The number of nitrogens with one attached hydrogen (secondary N) is 1. The Morgan fingerprint density at radius 2 is 1.68 bits per heavy atom. The lowest BCUT2D eigenvalue weighted by molar-refractivity contribution is -0.133. The number of nitrogens with zero attached hydrogens (tertiary/aromatic N) is 3. The topological polar surface area (TPSA) is 86.1 Å². The maximum absolute atomic E-state index is 13.4. The normalized spacial score (nSPS) is 17.4. The van der Waals surface area contributed by atoms with Crippen LogP contribution in [0.1, 0.15) is 65.5 Å². The third-order valence-corrected chi connectivity index (χ3v) is 8.20. The third kappa shape index (κ3) is 6.81. The van der Waals surface area contributed by atoms with E-state index >= 15 is 0 Å². The van der Waals surface area contributed by atoms with Crippen molar-refractivity contribution in [3.63, 3.8) is 0 Å². The van der Waals surface area contributed by atoms with Crippen LogP contribution in [0.2, 0.25) is 0 Å². The molecule has 0 aliphatic carbocycles. The second kappa shape index (κ2) is 13.1. The molecular weight excluding hydrogens is 516 g/mol. The van der Waals surface area contributed by atoms with Crippen molar-refractivity contribution in [3.05, 3.63) is 77.7 Å². The highest BCUT2D eigenvalue weighted by Crippen LogP contribution is 2.32. The van der Waals surface area contributed by atoms with Gasteiger partial charge < -0.3 is 24.4 Å². The Hall–Kier alpha value is -4.07. The van der Waals surface area contributed by atoms with Crippen molar-refractivity contribution in [2.75, 3.05) is 54.4 Å². The summed E-state index contributed by atoms with van der Waals surface area (Å²) in [7, 11) is 0. The molecule has 2 aliphatic heterocycles. The van der Waals surface area contributed by atoms with Gasteiger partial charge in [-0.3, -0.25) is 14.4 Å². The number of hydrogen-bond donors (Lipinski definition) is 1. The third-order valence-electron chi connectivity index (χ3n) is 8.20. The van der Waals surface area contributed by atoms with Gasteiger partial charge in [0.05, 0.1) is 17.6 Å². The Kier molecular flexibility index (Phi) is 9.07. The van der Waals surface area contributed by atoms with Crippen molar-refractivity contribution in [1.82, 2.24) is 4.90 Å². The fourth-order valence-electron chi connectivity index (χ4n) is 5.99. The quantitative estimate of drug-likeness (QED) is 0.337. The van der Waals surface area contributed by atoms with Crippen molar-refractivity contribution in [2.24, 2.45) is 5.92 Å². The van der Waals surface area contributed by atoms with E-state index in [-0.39, 0.29) is 29.3 Å². The fourth-order valence-corrected chi connectivity index (χ4v) is 5.99. The first kappa shape index (κ1) is 28.5. The van der Waals surface area contributed by atoms with E-state index < -0.39 is 0 Å². The summed E-state index contributed by atoms with van der Waals surface area (Å²) in [5.41, 5.74) is 4.56. The van der Waals surface area contributed by atoms with Gasteiger partial charge in [0.25, 0.3) is 5.91 Å². The zero-order valence-electron chi connectivity index (χ0n) is 24.1. The van der Waals surface area contributed by atoms with Gasteiger partial charge in [0.2, 0.25) is 5.91 Å². The summed E-state index contributed by atoms with van der Waals surface area (Å²) in [6.45, 7) is 8.84. The zero-order chi connectivity index (χ0) is 28.8. The summed E-state index contributed by atoms with van der Waals surface area (Å²) in [6, 6.07) is 17.3. The van der Waals surface area contributed by atoms with Crippen LogP contribution < -0.4 is 15.1 Å². The molecule has 3 heterocycles. The summed E-state index contributed by atoms with van der Waals surface area (Å²) in [5, 5.41) is 3.00. The van der Waals surface area contributed by atoms with E-state index in [2.05, 4.69) is 46.3 Å². The summed E-state index contributed by atoms with van der Waals surface area (Å²) >= 11 is 0. The van der Waals surface area contributed by atoms with Crippen molar-refractivity contribution in [1.29, 1.82) is 0 Å². The number of para-hydroxylation sites is 1. The van der Waals surface area contributed by atoms with Crippen molar-refractivity contribution in [2.45, 2.75) is 46.0 Å². The number of aryl methyl sites for hydroxylation is 1. The van der Waals surface area contributed by atoms with E-state index in [1.165, 1.54) is 17.5 Å². The van der Waals surface area contributed by atoms with Crippen LogP contribution >= 0.6 is 0 Å². The predicted octanol–water partition coefficient (Wildman–Crippen LogP) is 5.78. The van der Waals surface area contributed by atoms with Gasteiger partial charge >= 0.3 is 0 Å². The number of rotatable bonds is 9. The minimum Gasteiger partial charge on any atom is -0.459 e. The van der Waals surface area contributed by atoms with E-state index in [0.29, 0.717) is 30.6 Å². The number of piperazine rings is 1. The number of piperidine rings is 1. The molecule has 2 aromatic carbocycles. The number of benzene rings is 2. The van der Waals surface area contributed by atoms with Crippen LogP contribution in [0.5, 0.6) is 0 Å². The highest BCUT2D eigenvalue weighted by atomic mass is 16.3. The van der Waals surface area contributed by atoms with Crippen molar-refractivity contribution < 1.29 is 18.8 Å². The van der Waals surface area contributed by atoms with Gasteiger partial charge in [0, 0.05) is 63.4 Å². The Balaban J connectivity index is 1.32. The van der Waals surface area contributed by atoms with E-state index in [4.69, 9.17) is 4.42 Å². The molecule has 2 amide bonds. The van der Waals surface area contributed by atoms with Crippen LogP contribution in [0.3, 0.4) is 0 Å². The molecule has 0 radical (unpaired) electrons. The molecule has 0 spiro atoms. The number of likely N-dealkylation sites (tertiary alicyclic amines) is 1.